The van der Waals surface area contributed by atoms with Crippen LogP contribution in [-0.4, -0.2) is 49.1 Å². The van der Waals surface area contributed by atoms with Crippen molar-refractivity contribution >= 4 is 17.3 Å². The minimum absolute atomic E-state index is 0.0990. The average molecular weight is 408 g/mol. The van der Waals surface area contributed by atoms with Gasteiger partial charge in [0, 0.05) is 49.5 Å². The number of amides is 1. The first kappa shape index (κ1) is 20.7. The number of rotatable bonds is 6. The first-order valence-corrected chi connectivity index (χ1v) is 11.1. The number of hydrogen-bond acceptors (Lipinski definition) is 4. The quantitative estimate of drug-likeness (QED) is 0.727. The zero-order chi connectivity index (χ0) is 21.1. The van der Waals surface area contributed by atoms with E-state index in [2.05, 4.69) is 66.2 Å². The molecular formula is C25H33N3O2. The second-order valence-electron chi connectivity index (χ2n) is 8.75. The Morgan fingerprint density at radius 2 is 1.77 bits per heavy atom. The van der Waals surface area contributed by atoms with Crippen LogP contribution in [0.4, 0.5) is 11.4 Å². The Kier molecular flexibility index (Phi) is 6.28. The molecule has 2 atom stereocenters. The zero-order valence-corrected chi connectivity index (χ0v) is 18.4. The molecule has 0 aromatic heterocycles. The maximum absolute atomic E-state index is 11.5. The van der Waals surface area contributed by atoms with Gasteiger partial charge in [0.15, 0.2) is 0 Å². The lowest BCUT2D eigenvalue weighted by Gasteiger charge is -2.45. The Labute approximate surface area is 180 Å². The van der Waals surface area contributed by atoms with Gasteiger partial charge in [-0.05, 0) is 69.5 Å². The predicted octanol–water partition coefficient (Wildman–Crippen LogP) is 4.25. The molecule has 1 fully saturated rings. The number of carbonyl (C=O) groups is 1. The highest BCUT2D eigenvalue weighted by Crippen LogP contribution is 2.27. The van der Waals surface area contributed by atoms with Crippen molar-refractivity contribution in [1.29, 1.82) is 0 Å². The monoisotopic (exact) mass is 407 g/mol. The van der Waals surface area contributed by atoms with E-state index < -0.39 is 0 Å². The molecule has 5 heteroatoms. The number of nitrogens with zero attached hydrogens (tertiary/aromatic N) is 2. The van der Waals surface area contributed by atoms with Crippen molar-refractivity contribution < 1.29 is 9.53 Å². The average Bonchev–Trinajstić information content (AvgIpc) is 2.73. The van der Waals surface area contributed by atoms with E-state index in [0.29, 0.717) is 25.1 Å². The lowest BCUT2D eigenvalue weighted by Crippen LogP contribution is -2.57. The second kappa shape index (κ2) is 9.09. The van der Waals surface area contributed by atoms with Crippen LogP contribution in [0.2, 0.25) is 0 Å². The highest BCUT2D eigenvalue weighted by atomic mass is 16.5. The molecule has 2 heterocycles. The summed E-state index contributed by atoms with van der Waals surface area (Å²) in [5, 5.41) is 2.92. The van der Waals surface area contributed by atoms with Crippen LogP contribution < -0.4 is 15.0 Å². The summed E-state index contributed by atoms with van der Waals surface area (Å²) in [6.07, 6.45) is 2.35. The molecular weight excluding hydrogens is 374 g/mol. The van der Waals surface area contributed by atoms with Gasteiger partial charge in [0.05, 0.1) is 6.61 Å². The van der Waals surface area contributed by atoms with Crippen molar-refractivity contribution in [3.05, 3.63) is 53.6 Å². The minimum Gasteiger partial charge on any atom is -0.494 e. The van der Waals surface area contributed by atoms with E-state index in [9.17, 15) is 4.79 Å². The van der Waals surface area contributed by atoms with E-state index in [1.54, 1.807) is 0 Å². The predicted molar refractivity (Wildman–Crippen MR) is 123 cm³/mol. The molecule has 1 saturated heterocycles. The van der Waals surface area contributed by atoms with Crippen LogP contribution >= 0.6 is 0 Å². The molecule has 160 valence electrons. The number of ether oxygens (including phenoxy) is 1. The summed E-state index contributed by atoms with van der Waals surface area (Å²) in [6, 6.07) is 15.9. The Balaban J connectivity index is 1.25. The maximum Gasteiger partial charge on any atom is 0.224 e. The third-order valence-electron chi connectivity index (χ3n) is 6.30. The summed E-state index contributed by atoms with van der Waals surface area (Å²) in [4.78, 5) is 16.6. The molecule has 2 aliphatic rings. The summed E-state index contributed by atoms with van der Waals surface area (Å²) in [5.74, 6) is 0.997. The van der Waals surface area contributed by atoms with Crippen molar-refractivity contribution in [2.75, 3.05) is 36.5 Å². The molecule has 2 unspecified atom stereocenters. The molecule has 1 N–H and O–H groups in total. The molecule has 30 heavy (non-hydrogen) atoms. The van der Waals surface area contributed by atoms with Crippen LogP contribution in [0.1, 0.15) is 37.8 Å². The van der Waals surface area contributed by atoms with Crippen LogP contribution in [-0.2, 0) is 11.2 Å². The summed E-state index contributed by atoms with van der Waals surface area (Å²) in [5.41, 5.74) is 4.72. The van der Waals surface area contributed by atoms with Crippen LogP contribution in [0.25, 0.3) is 0 Å². The van der Waals surface area contributed by atoms with Gasteiger partial charge in [-0.25, -0.2) is 0 Å². The lowest BCUT2D eigenvalue weighted by molar-refractivity contribution is -0.116. The molecule has 0 saturated carbocycles. The van der Waals surface area contributed by atoms with E-state index in [-0.39, 0.29) is 5.91 Å². The molecule has 0 bridgehead atoms. The van der Waals surface area contributed by atoms with Gasteiger partial charge in [0.1, 0.15) is 5.75 Å². The fourth-order valence-corrected chi connectivity index (χ4v) is 4.65. The number of carbonyl (C=O) groups excluding carboxylic acids is 1. The fraction of sp³-hybridized carbons (Fsp3) is 0.480. The van der Waals surface area contributed by atoms with Crippen molar-refractivity contribution in [2.45, 2.75) is 52.1 Å². The van der Waals surface area contributed by atoms with Crippen LogP contribution in [0.5, 0.6) is 5.75 Å². The van der Waals surface area contributed by atoms with Gasteiger partial charge in [-0.1, -0.05) is 17.7 Å². The van der Waals surface area contributed by atoms with E-state index >= 15 is 0 Å². The molecule has 2 aromatic carbocycles. The highest BCUT2D eigenvalue weighted by Gasteiger charge is 2.29. The highest BCUT2D eigenvalue weighted by molar-refractivity contribution is 5.94. The summed E-state index contributed by atoms with van der Waals surface area (Å²) in [6.45, 7) is 10.7. The molecule has 2 aliphatic heterocycles. The number of fused-ring (bicyclic) bond motifs is 1. The first-order valence-electron chi connectivity index (χ1n) is 11.1. The van der Waals surface area contributed by atoms with Gasteiger partial charge >= 0.3 is 0 Å². The van der Waals surface area contributed by atoms with Crippen molar-refractivity contribution in [2.24, 2.45) is 0 Å². The van der Waals surface area contributed by atoms with Gasteiger partial charge in [-0.15, -0.1) is 0 Å². The minimum atomic E-state index is 0.0990. The molecule has 0 spiro atoms. The first-order chi connectivity index (χ1) is 14.5. The van der Waals surface area contributed by atoms with Gasteiger partial charge in [-0.3, -0.25) is 9.69 Å². The van der Waals surface area contributed by atoms with Gasteiger partial charge in [0.2, 0.25) is 5.91 Å². The summed E-state index contributed by atoms with van der Waals surface area (Å²) in [7, 11) is 0. The molecule has 0 radical (unpaired) electrons. The molecule has 5 nitrogen and oxygen atoms in total. The molecule has 2 aromatic rings. The summed E-state index contributed by atoms with van der Waals surface area (Å²) < 4.78 is 6.01. The van der Waals surface area contributed by atoms with E-state index in [0.717, 1.165) is 43.9 Å². The molecule has 4 rings (SSSR count). The van der Waals surface area contributed by atoms with Gasteiger partial charge < -0.3 is 15.0 Å². The Morgan fingerprint density at radius 1 is 1.03 bits per heavy atom. The smallest absolute Gasteiger partial charge is 0.224 e. The fourth-order valence-electron chi connectivity index (χ4n) is 4.65. The largest absolute Gasteiger partial charge is 0.494 e. The number of piperazine rings is 1. The van der Waals surface area contributed by atoms with E-state index in [1.165, 1.54) is 16.8 Å². The number of aryl methyl sites for hydroxylation is 2. The van der Waals surface area contributed by atoms with Crippen molar-refractivity contribution in [3.63, 3.8) is 0 Å². The van der Waals surface area contributed by atoms with Gasteiger partial charge in [-0.2, -0.15) is 0 Å². The standard InChI is InChI=1S/C25H33N3O2/c1-18-5-8-22(9-6-18)27-16-19(2)28(20(3)17-27)13-4-14-30-23-10-11-24-21(15-23)7-12-25(29)26-24/h5-6,8-11,15,19-20H,4,7,12-14,16-17H2,1-3H3,(H,26,29). The lowest BCUT2D eigenvalue weighted by atomic mass is 10.0. The Morgan fingerprint density at radius 3 is 2.50 bits per heavy atom. The SMILES string of the molecule is Cc1ccc(N2CC(C)N(CCCOc3ccc4c(c3)CCC(=O)N4)C(C)C2)cc1. The normalized spacial score (nSPS) is 21.8. The molecule has 1 amide bonds. The Bertz CT molecular complexity index is 868. The van der Waals surface area contributed by atoms with E-state index in [1.807, 2.05) is 12.1 Å². The van der Waals surface area contributed by atoms with Crippen LogP contribution in [0.3, 0.4) is 0 Å². The zero-order valence-electron chi connectivity index (χ0n) is 18.4. The van der Waals surface area contributed by atoms with Gasteiger partial charge in [0.25, 0.3) is 0 Å². The number of anilines is 2. The topological polar surface area (TPSA) is 44.8 Å². The summed E-state index contributed by atoms with van der Waals surface area (Å²) >= 11 is 0. The van der Waals surface area contributed by atoms with E-state index in [4.69, 9.17) is 4.74 Å². The van der Waals surface area contributed by atoms with Crippen molar-refractivity contribution in [3.8, 4) is 5.75 Å². The third kappa shape index (κ3) is 4.78. The van der Waals surface area contributed by atoms with Crippen molar-refractivity contribution in [1.82, 2.24) is 4.90 Å². The number of benzene rings is 2. The number of nitrogens with one attached hydrogen (secondary N) is 1. The van der Waals surface area contributed by atoms with Crippen LogP contribution in [0.15, 0.2) is 42.5 Å². The second-order valence-corrected chi connectivity index (χ2v) is 8.75. The molecule has 0 aliphatic carbocycles. The Hall–Kier alpha value is -2.53. The van der Waals surface area contributed by atoms with Crippen LogP contribution in [0, 0.1) is 6.92 Å². The maximum atomic E-state index is 11.5. The third-order valence-corrected chi connectivity index (χ3v) is 6.30. The number of hydrogen-bond donors (Lipinski definition) is 1.